The number of rotatable bonds is 5. The van der Waals surface area contributed by atoms with Crippen LogP contribution in [-0.4, -0.2) is 22.8 Å². The van der Waals surface area contributed by atoms with Crippen molar-refractivity contribution in [3.05, 3.63) is 41.3 Å². The third kappa shape index (κ3) is 2.75. The van der Waals surface area contributed by atoms with Crippen molar-refractivity contribution in [1.82, 2.24) is 9.78 Å². The Hall–Kier alpha value is -2.76. The Kier molecular flexibility index (Phi) is 3.98. The van der Waals surface area contributed by atoms with Gasteiger partial charge in [-0.2, -0.15) is 5.10 Å². The van der Waals surface area contributed by atoms with E-state index in [2.05, 4.69) is 17.3 Å². The van der Waals surface area contributed by atoms with Crippen LogP contribution in [0.4, 0.5) is 5.82 Å². The Balaban J connectivity index is 1.66. The van der Waals surface area contributed by atoms with Crippen LogP contribution in [0.15, 0.2) is 28.8 Å². The number of carbonyl (C=O) groups excluding carboxylic acids is 1. The molecule has 3 aromatic rings. The Labute approximate surface area is 152 Å². The van der Waals surface area contributed by atoms with Gasteiger partial charge in [-0.25, -0.2) is 4.68 Å². The molecule has 0 spiro atoms. The summed E-state index contributed by atoms with van der Waals surface area (Å²) in [5, 5.41) is 8.35. The van der Waals surface area contributed by atoms with E-state index in [1.54, 1.807) is 13.3 Å². The summed E-state index contributed by atoms with van der Waals surface area (Å²) in [5.74, 6) is 2.18. The number of hydrogen-bond donors (Lipinski definition) is 1. The van der Waals surface area contributed by atoms with Gasteiger partial charge in [-0.3, -0.25) is 4.79 Å². The number of aryl methyl sites for hydroxylation is 2. The Bertz CT molecular complexity index is 982. The lowest BCUT2D eigenvalue weighted by molar-refractivity contribution is 0.0996. The van der Waals surface area contributed by atoms with Crippen LogP contribution in [0.25, 0.3) is 11.0 Å². The normalized spacial score (nSPS) is 15.2. The van der Waals surface area contributed by atoms with Gasteiger partial charge >= 0.3 is 0 Å². The SMILES string of the molecule is COc1ccc2oc(C(=O)Nc3c(C)cnn3C(C)C3CC3)c(C)c2c1. The molecule has 1 N–H and O–H groups in total. The molecule has 1 aliphatic carbocycles. The van der Waals surface area contributed by atoms with Gasteiger partial charge < -0.3 is 14.5 Å². The van der Waals surface area contributed by atoms with Crippen molar-refractivity contribution in [2.75, 3.05) is 12.4 Å². The largest absolute Gasteiger partial charge is 0.497 e. The van der Waals surface area contributed by atoms with Gasteiger partial charge in [-0.15, -0.1) is 0 Å². The van der Waals surface area contributed by atoms with Crippen LogP contribution in [0.5, 0.6) is 5.75 Å². The molecule has 1 fully saturated rings. The first kappa shape index (κ1) is 16.7. The Morgan fingerprint density at radius 2 is 2.15 bits per heavy atom. The summed E-state index contributed by atoms with van der Waals surface area (Å²) in [5.41, 5.74) is 2.42. The first-order valence-corrected chi connectivity index (χ1v) is 8.92. The number of nitrogens with zero attached hydrogens (tertiary/aromatic N) is 2. The summed E-state index contributed by atoms with van der Waals surface area (Å²) in [7, 11) is 1.62. The second-order valence-corrected chi connectivity index (χ2v) is 7.07. The van der Waals surface area contributed by atoms with Gasteiger partial charge in [0.2, 0.25) is 0 Å². The number of hydrogen-bond acceptors (Lipinski definition) is 4. The van der Waals surface area contributed by atoms with E-state index in [1.165, 1.54) is 12.8 Å². The smallest absolute Gasteiger partial charge is 0.292 e. The lowest BCUT2D eigenvalue weighted by Gasteiger charge is -2.15. The molecule has 6 nitrogen and oxygen atoms in total. The third-order valence-electron chi connectivity index (χ3n) is 5.25. The quantitative estimate of drug-likeness (QED) is 0.734. The monoisotopic (exact) mass is 353 g/mol. The maximum absolute atomic E-state index is 12.9. The first-order chi connectivity index (χ1) is 12.5. The van der Waals surface area contributed by atoms with Crippen LogP contribution in [0.2, 0.25) is 0 Å². The molecule has 1 unspecified atom stereocenters. The fourth-order valence-corrected chi connectivity index (χ4v) is 3.40. The van der Waals surface area contributed by atoms with Gasteiger partial charge in [0, 0.05) is 16.5 Å². The van der Waals surface area contributed by atoms with Crippen molar-refractivity contribution in [2.24, 2.45) is 5.92 Å². The number of furan rings is 1. The summed E-state index contributed by atoms with van der Waals surface area (Å²) < 4.78 is 13.0. The Morgan fingerprint density at radius 1 is 1.38 bits per heavy atom. The molecule has 1 atom stereocenters. The number of ether oxygens (including phenoxy) is 1. The number of fused-ring (bicyclic) bond motifs is 1. The molecular weight excluding hydrogens is 330 g/mol. The summed E-state index contributed by atoms with van der Waals surface area (Å²) in [6, 6.07) is 5.81. The predicted molar refractivity (Wildman–Crippen MR) is 99.9 cm³/mol. The number of nitrogens with one attached hydrogen (secondary N) is 1. The van der Waals surface area contributed by atoms with E-state index in [0.29, 0.717) is 17.3 Å². The van der Waals surface area contributed by atoms with Gasteiger partial charge in [-0.05, 0) is 57.7 Å². The zero-order valence-electron chi connectivity index (χ0n) is 15.5. The molecule has 136 valence electrons. The van der Waals surface area contributed by atoms with Crippen LogP contribution < -0.4 is 10.1 Å². The molecule has 0 radical (unpaired) electrons. The molecule has 2 heterocycles. The highest BCUT2D eigenvalue weighted by atomic mass is 16.5. The fourth-order valence-electron chi connectivity index (χ4n) is 3.40. The standard InChI is InChI=1S/C20H23N3O3/c1-11-10-21-23(13(3)14-5-6-14)19(11)22-20(24)18-12(2)16-9-15(25-4)7-8-17(16)26-18/h7-10,13-14H,5-6H2,1-4H3,(H,22,24). The van der Waals surface area contributed by atoms with Crippen molar-refractivity contribution in [3.63, 3.8) is 0 Å². The number of methoxy groups -OCH3 is 1. The van der Waals surface area contributed by atoms with Crippen molar-refractivity contribution < 1.29 is 13.9 Å². The maximum Gasteiger partial charge on any atom is 0.292 e. The maximum atomic E-state index is 12.9. The molecule has 1 amide bonds. The van der Waals surface area contributed by atoms with Crippen LogP contribution in [0.3, 0.4) is 0 Å². The van der Waals surface area contributed by atoms with Crippen LogP contribution >= 0.6 is 0 Å². The van der Waals surface area contributed by atoms with Crippen molar-refractivity contribution in [1.29, 1.82) is 0 Å². The number of anilines is 1. The average molecular weight is 353 g/mol. The number of carbonyl (C=O) groups is 1. The summed E-state index contributed by atoms with van der Waals surface area (Å²) >= 11 is 0. The van der Waals surface area contributed by atoms with Gasteiger partial charge in [0.1, 0.15) is 17.2 Å². The summed E-state index contributed by atoms with van der Waals surface area (Å²) in [4.78, 5) is 12.9. The van der Waals surface area contributed by atoms with Crippen molar-refractivity contribution in [3.8, 4) is 5.75 Å². The molecule has 1 aliphatic rings. The minimum absolute atomic E-state index is 0.259. The number of amides is 1. The molecule has 1 aromatic carbocycles. The lowest BCUT2D eigenvalue weighted by atomic mass is 10.1. The zero-order valence-corrected chi connectivity index (χ0v) is 15.5. The second kappa shape index (κ2) is 6.20. The van der Waals surface area contributed by atoms with Crippen LogP contribution in [0, 0.1) is 19.8 Å². The first-order valence-electron chi connectivity index (χ1n) is 8.92. The average Bonchev–Trinajstić information content (AvgIpc) is 3.36. The van der Waals surface area contributed by atoms with Gasteiger partial charge in [0.25, 0.3) is 5.91 Å². The zero-order chi connectivity index (χ0) is 18.4. The molecule has 1 saturated carbocycles. The van der Waals surface area contributed by atoms with E-state index in [0.717, 1.165) is 28.1 Å². The van der Waals surface area contributed by atoms with E-state index in [1.807, 2.05) is 36.7 Å². The molecule has 4 rings (SSSR count). The molecule has 0 aliphatic heterocycles. The summed E-state index contributed by atoms with van der Waals surface area (Å²) in [6.45, 7) is 5.99. The fraction of sp³-hybridized carbons (Fsp3) is 0.400. The van der Waals surface area contributed by atoms with Crippen molar-refractivity contribution in [2.45, 2.75) is 39.7 Å². The van der Waals surface area contributed by atoms with Crippen molar-refractivity contribution >= 4 is 22.7 Å². The van der Waals surface area contributed by atoms with E-state index < -0.39 is 0 Å². The van der Waals surface area contributed by atoms with E-state index in [4.69, 9.17) is 9.15 Å². The minimum Gasteiger partial charge on any atom is -0.497 e. The number of benzene rings is 1. The topological polar surface area (TPSA) is 69.3 Å². The lowest BCUT2D eigenvalue weighted by Crippen LogP contribution is -2.19. The van der Waals surface area contributed by atoms with Gasteiger partial charge in [0.05, 0.1) is 19.3 Å². The number of aromatic nitrogens is 2. The van der Waals surface area contributed by atoms with E-state index in [-0.39, 0.29) is 11.9 Å². The molecule has 0 bridgehead atoms. The van der Waals surface area contributed by atoms with E-state index >= 15 is 0 Å². The molecular formula is C20H23N3O3. The Morgan fingerprint density at radius 3 is 2.85 bits per heavy atom. The highest BCUT2D eigenvalue weighted by molar-refractivity contribution is 6.06. The summed E-state index contributed by atoms with van der Waals surface area (Å²) in [6.07, 6.45) is 4.24. The van der Waals surface area contributed by atoms with E-state index in [9.17, 15) is 4.79 Å². The van der Waals surface area contributed by atoms with Gasteiger partial charge in [-0.1, -0.05) is 0 Å². The molecule has 26 heavy (non-hydrogen) atoms. The second-order valence-electron chi connectivity index (χ2n) is 7.07. The predicted octanol–water partition coefficient (Wildman–Crippen LogP) is 4.48. The molecule has 2 aromatic heterocycles. The third-order valence-corrected chi connectivity index (χ3v) is 5.25. The minimum atomic E-state index is -0.259. The highest BCUT2D eigenvalue weighted by Crippen LogP contribution is 2.40. The highest BCUT2D eigenvalue weighted by Gasteiger charge is 2.31. The molecule has 6 heteroatoms. The molecule has 0 saturated heterocycles. The van der Waals surface area contributed by atoms with Crippen LogP contribution in [-0.2, 0) is 0 Å². The van der Waals surface area contributed by atoms with Gasteiger partial charge in [0.15, 0.2) is 5.76 Å². The van der Waals surface area contributed by atoms with Crippen LogP contribution in [0.1, 0.15) is 47.5 Å².